The molecule has 4 heteroatoms. The van der Waals surface area contributed by atoms with Gasteiger partial charge in [0.2, 0.25) is 0 Å². The van der Waals surface area contributed by atoms with Crippen molar-refractivity contribution in [1.29, 1.82) is 0 Å². The summed E-state index contributed by atoms with van der Waals surface area (Å²) >= 11 is 1.71. The third-order valence-electron chi connectivity index (χ3n) is 2.58. The van der Waals surface area contributed by atoms with Gasteiger partial charge < -0.3 is 10.2 Å². The Hall–Kier alpha value is -0.220. The summed E-state index contributed by atoms with van der Waals surface area (Å²) in [6, 6.07) is 0. The summed E-state index contributed by atoms with van der Waals surface area (Å²) in [5, 5.41) is 18.8. The lowest BCUT2D eigenvalue weighted by atomic mass is 9.80. The van der Waals surface area contributed by atoms with Gasteiger partial charge in [0.05, 0.1) is 0 Å². The number of hydrogen-bond donors (Lipinski definition) is 2. The Bertz CT molecular complexity index is 183. The third-order valence-corrected chi connectivity index (χ3v) is 4.05. The van der Waals surface area contributed by atoms with Gasteiger partial charge >= 0.3 is 5.97 Å². The molecule has 2 atom stereocenters. The monoisotopic (exact) mass is 190 g/mol. The van der Waals surface area contributed by atoms with Gasteiger partial charge in [-0.15, -0.1) is 0 Å². The van der Waals surface area contributed by atoms with Crippen LogP contribution in [-0.2, 0) is 4.79 Å². The molecule has 3 nitrogen and oxygen atoms in total. The van der Waals surface area contributed by atoms with Crippen LogP contribution in [0, 0.1) is 11.8 Å². The molecule has 1 aliphatic rings. The third kappa shape index (κ3) is 1.33. The predicted molar refractivity (Wildman–Crippen MR) is 48.2 cm³/mol. The summed E-state index contributed by atoms with van der Waals surface area (Å²) in [5.41, 5.74) is -1.51. The van der Waals surface area contributed by atoms with Crippen molar-refractivity contribution in [3.63, 3.8) is 0 Å². The molecule has 1 saturated heterocycles. The summed E-state index contributed by atoms with van der Waals surface area (Å²) in [6.45, 7) is 3.58. The molecule has 0 aromatic heterocycles. The van der Waals surface area contributed by atoms with E-state index in [1.807, 2.05) is 0 Å². The van der Waals surface area contributed by atoms with Gasteiger partial charge in [-0.05, 0) is 11.5 Å². The van der Waals surface area contributed by atoms with Gasteiger partial charge in [0, 0.05) is 11.8 Å². The van der Waals surface area contributed by atoms with E-state index in [1.165, 1.54) is 0 Å². The minimum absolute atomic E-state index is 0.163. The first kappa shape index (κ1) is 9.86. The highest BCUT2D eigenvalue weighted by Crippen LogP contribution is 2.36. The number of aliphatic hydroxyl groups is 1. The summed E-state index contributed by atoms with van der Waals surface area (Å²) in [4.78, 5) is 10.8. The largest absolute Gasteiger partial charge is 0.479 e. The maximum atomic E-state index is 10.8. The van der Waals surface area contributed by atoms with E-state index in [1.54, 1.807) is 25.6 Å². The zero-order valence-electron chi connectivity index (χ0n) is 7.28. The van der Waals surface area contributed by atoms with Crippen LogP contribution >= 0.6 is 11.8 Å². The quantitative estimate of drug-likeness (QED) is 0.642. The van der Waals surface area contributed by atoms with Crippen LogP contribution in [0.25, 0.3) is 0 Å². The lowest BCUT2D eigenvalue weighted by molar-refractivity contribution is -0.169. The second kappa shape index (κ2) is 3.26. The topological polar surface area (TPSA) is 57.5 Å². The van der Waals surface area contributed by atoms with Gasteiger partial charge in [0.25, 0.3) is 0 Å². The average Bonchev–Trinajstić information content (AvgIpc) is 1.99. The number of thioether (sulfide) groups is 1. The van der Waals surface area contributed by atoms with Crippen LogP contribution in [-0.4, -0.2) is 33.3 Å². The molecule has 1 fully saturated rings. The molecule has 2 unspecified atom stereocenters. The normalized spacial score (nSPS) is 42.6. The van der Waals surface area contributed by atoms with E-state index in [4.69, 9.17) is 5.11 Å². The van der Waals surface area contributed by atoms with Gasteiger partial charge in [-0.2, -0.15) is 11.8 Å². The Morgan fingerprint density at radius 2 is 1.83 bits per heavy atom. The van der Waals surface area contributed by atoms with Crippen LogP contribution < -0.4 is 0 Å². The van der Waals surface area contributed by atoms with Crippen molar-refractivity contribution in [2.45, 2.75) is 19.4 Å². The van der Waals surface area contributed by atoms with E-state index in [-0.39, 0.29) is 11.8 Å². The van der Waals surface area contributed by atoms with Crippen molar-refractivity contribution in [3.8, 4) is 0 Å². The van der Waals surface area contributed by atoms with E-state index in [0.29, 0.717) is 0 Å². The zero-order valence-corrected chi connectivity index (χ0v) is 8.10. The van der Waals surface area contributed by atoms with E-state index in [2.05, 4.69) is 0 Å². The Kier molecular flexibility index (Phi) is 2.68. The van der Waals surface area contributed by atoms with Crippen molar-refractivity contribution in [2.24, 2.45) is 11.8 Å². The molecular formula is C8H14O3S. The molecule has 1 rings (SSSR count). The number of carboxylic acid groups (broad SMARTS) is 1. The Labute approximate surface area is 76.2 Å². The number of rotatable bonds is 1. The molecule has 0 radical (unpaired) electrons. The highest BCUT2D eigenvalue weighted by atomic mass is 32.2. The predicted octanol–water partition coefficient (Wildman–Crippen LogP) is 0.821. The van der Waals surface area contributed by atoms with Gasteiger partial charge in [0.15, 0.2) is 5.60 Å². The SMILES string of the molecule is CC1CSCC(C)C1(O)C(=O)O. The first-order chi connectivity index (χ1) is 5.49. The van der Waals surface area contributed by atoms with Crippen LogP contribution in [0.4, 0.5) is 0 Å². The van der Waals surface area contributed by atoms with E-state index >= 15 is 0 Å². The lowest BCUT2D eigenvalue weighted by Crippen LogP contribution is -2.54. The molecule has 1 heterocycles. The summed E-state index contributed by atoms with van der Waals surface area (Å²) in [6.07, 6.45) is 0. The molecule has 0 spiro atoms. The molecule has 70 valence electrons. The smallest absolute Gasteiger partial charge is 0.336 e. The minimum atomic E-state index is -1.51. The molecule has 0 bridgehead atoms. The standard InChI is InChI=1S/C8H14O3S/c1-5-3-12-4-6(2)8(5,11)7(9)10/h5-6,11H,3-4H2,1-2H3,(H,9,10). The van der Waals surface area contributed by atoms with E-state index < -0.39 is 11.6 Å². The van der Waals surface area contributed by atoms with Crippen molar-refractivity contribution in [3.05, 3.63) is 0 Å². The van der Waals surface area contributed by atoms with Crippen molar-refractivity contribution in [2.75, 3.05) is 11.5 Å². The van der Waals surface area contributed by atoms with Crippen LogP contribution in [0.3, 0.4) is 0 Å². The molecule has 2 N–H and O–H groups in total. The van der Waals surface area contributed by atoms with Gasteiger partial charge in [-0.3, -0.25) is 0 Å². The van der Waals surface area contributed by atoms with Crippen molar-refractivity contribution >= 4 is 17.7 Å². The molecule has 0 amide bonds. The number of hydrogen-bond acceptors (Lipinski definition) is 3. The highest BCUT2D eigenvalue weighted by molar-refractivity contribution is 7.99. The summed E-state index contributed by atoms with van der Waals surface area (Å²) < 4.78 is 0. The summed E-state index contributed by atoms with van der Waals surface area (Å²) in [5.74, 6) is 0.0515. The van der Waals surface area contributed by atoms with E-state index in [9.17, 15) is 9.90 Å². The Morgan fingerprint density at radius 1 is 1.42 bits per heavy atom. The van der Waals surface area contributed by atoms with Gasteiger partial charge in [-0.1, -0.05) is 13.8 Å². The van der Waals surface area contributed by atoms with E-state index in [0.717, 1.165) is 11.5 Å². The fourth-order valence-corrected chi connectivity index (χ4v) is 2.93. The van der Waals surface area contributed by atoms with Crippen LogP contribution in [0.15, 0.2) is 0 Å². The van der Waals surface area contributed by atoms with Crippen LogP contribution in [0.1, 0.15) is 13.8 Å². The fourth-order valence-electron chi connectivity index (χ4n) is 1.58. The van der Waals surface area contributed by atoms with Gasteiger partial charge in [0.1, 0.15) is 0 Å². The first-order valence-corrected chi connectivity index (χ1v) is 5.18. The second-order valence-corrected chi connectivity index (χ2v) is 4.54. The molecular weight excluding hydrogens is 176 g/mol. The van der Waals surface area contributed by atoms with Crippen molar-refractivity contribution < 1.29 is 15.0 Å². The van der Waals surface area contributed by atoms with Crippen LogP contribution in [0.5, 0.6) is 0 Å². The molecule has 0 aromatic rings. The molecule has 0 aromatic carbocycles. The van der Waals surface area contributed by atoms with Crippen molar-refractivity contribution in [1.82, 2.24) is 0 Å². The fraction of sp³-hybridized carbons (Fsp3) is 0.875. The van der Waals surface area contributed by atoms with Gasteiger partial charge in [-0.25, -0.2) is 4.79 Å². The number of carboxylic acids is 1. The average molecular weight is 190 g/mol. The molecule has 0 saturated carbocycles. The zero-order chi connectivity index (χ0) is 9.35. The Balaban J connectivity index is 2.87. The van der Waals surface area contributed by atoms with Crippen LogP contribution in [0.2, 0.25) is 0 Å². The maximum absolute atomic E-state index is 10.8. The second-order valence-electron chi connectivity index (χ2n) is 3.47. The summed E-state index contributed by atoms with van der Waals surface area (Å²) in [7, 11) is 0. The number of aliphatic carboxylic acids is 1. The maximum Gasteiger partial charge on any atom is 0.336 e. The Morgan fingerprint density at radius 3 is 2.08 bits per heavy atom. The first-order valence-electron chi connectivity index (χ1n) is 4.03. The number of carbonyl (C=O) groups is 1. The lowest BCUT2D eigenvalue weighted by Gasteiger charge is -2.39. The molecule has 12 heavy (non-hydrogen) atoms. The molecule has 1 aliphatic heterocycles. The minimum Gasteiger partial charge on any atom is -0.479 e. The molecule has 0 aliphatic carbocycles. The highest BCUT2D eigenvalue weighted by Gasteiger charge is 2.48.